The Labute approximate surface area is 160 Å². The predicted octanol–water partition coefficient (Wildman–Crippen LogP) is 1.95. The van der Waals surface area contributed by atoms with Gasteiger partial charge < -0.3 is 15.2 Å². The number of carbonyl (C=O) groups is 2. The number of thioether (sulfide) groups is 1. The molecule has 1 aliphatic rings. The predicted molar refractivity (Wildman–Crippen MR) is 101 cm³/mol. The van der Waals surface area contributed by atoms with Gasteiger partial charge in [0.2, 0.25) is 11.8 Å². The highest BCUT2D eigenvalue weighted by Crippen LogP contribution is 2.28. The third-order valence-corrected chi connectivity index (χ3v) is 5.79. The molecule has 1 aliphatic heterocycles. The number of hydrogen-bond acceptors (Lipinski definition) is 5. The van der Waals surface area contributed by atoms with E-state index in [9.17, 15) is 9.59 Å². The molecule has 2 heterocycles. The number of likely N-dealkylation sites (tertiary alicyclic amines) is 1. The smallest absolute Gasteiger partial charge is 0.233 e. The molecule has 1 atom stereocenters. The first kappa shape index (κ1) is 18.7. The number of carbonyl (C=O) groups excluding carboxylic acids is 2. The van der Waals surface area contributed by atoms with Crippen molar-refractivity contribution in [3.63, 3.8) is 0 Å². The summed E-state index contributed by atoms with van der Waals surface area (Å²) in [5.74, 6) is 0.271. The summed E-state index contributed by atoms with van der Waals surface area (Å²) in [6.07, 6.45) is 1.54. The van der Waals surface area contributed by atoms with Gasteiger partial charge in [-0.1, -0.05) is 35.5 Å². The first-order chi connectivity index (χ1) is 12.5. The van der Waals surface area contributed by atoms with Crippen LogP contribution in [0.15, 0.2) is 29.4 Å². The summed E-state index contributed by atoms with van der Waals surface area (Å²) in [7, 11) is 1.84. The van der Waals surface area contributed by atoms with Crippen LogP contribution < -0.4 is 5.73 Å². The minimum Gasteiger partial charge on any atom is -0.369 e. The number of amides is 2. The molecule has 1 aromatic heterocycles. The van der Waals surface area contributed by atoms with Crippen LogP contribution in [0.3, 0.4) is 0 Å². The van der Waals surface area contributed by atoms with E-state index in [1.165, 1.54) is 11.8 Å². The normalized spacial score (nSPS) is 17.3. The van der Waals surface area contributed by atoms with E-state index in [0.29, 0.717) is 29.1 Å². The molecule has 0 saturated carbocycles. The second-order valence-electron chi connectivity index (χ2n) is 6.21. The van der Waals surface area contributed by atoms with Crippen molar-refractivity contribution in [2.45, 2.75) is 18.0 Å². The van der Waals surface area contributed by atoms with Gasteiger partial charge in [-0.25, -0.2) is 0 Å². The van der Waals surface area contributed by atoms with Gasteiger partial charge in [-0.15, -0.1) is 10.2 Å². The fourth-order valence-corrected chi connectivity index (χ4v) is 4.01. The average Bonchev–Trinajstić information content (AvgIpc) is 3.00. The van der Waals surface area contributed by atoms with Crippen molar-refractivity contribution >= 4 is 35.2 Å². The van der Waals surface area contributed by atoms with E-state index >= 15 is 0 Å². The topological polar surface area (TPSA) is 94.1 Å². The van der Waals surface area contributed by atoms with Gasteiger partial charge in [0.15, 0.2) is 11.0 Å². The fraction of sp³-hybridized carbons (Fsp3) is 0.412. The minimum absolute atomic E-state index is 0.0248. The number of nitrogens with zero attached hydrogens (tertiary/aromatic N) is 4. The van der Waals surface area contributed by atoms with Crippen LogP contribution in [-0.4, -0.2) is 50.3 Å². The molecule has 0 aliphatic carbocycles. The van der Waals surface area contributed by atoms with Crippen LogP contribution in [0.2, 0.25) is 5.02 Å². The van der Waals surface area contributed by atoms with Crippen molar-refractivity contribution in [2.75, 3.05) is 18.8 Å². The maximum Gasteiger partial charge on any atom is 0.233 e. The fourth-order valence-electron chi connectivity index (χ4n) is 2.97. The van der Waals surface area contributed by atoms with E-state index in [1.54, 1.807) is 11.0 Å². The summed E-state index contributed by atoms with van der Waals surface area (Å²) >= 11 is 7.54. The van der Waals surface area contributed by atoms with Crippen LogP contribution in [0.4, 0.5) is 0 Å². The maximum absolute atomic E-state index is 12.5. The molecule has 7 nitrogen and oxygen atoms in total. The Morgan fingerprint density at radius 1 is 1.35 bits per heavy atom. The highest BCUT2D eigenvalue weighted by Gasteiger charge is 2.27. The van der Waals surface area contributed by atoms with Crippen LogP contribution in [0, 0.1) is 5.92 Å². The lowest BCUT2D eigenvalue weighted by Gasteiger charge is -2.31. The number of rotatable bonds is 5. The zero-order valence-corrected chi connectivity index (χ0v) is 16.0. The van der Waals surface area contributed by atoms with Crippen LogP contribution in [0.1, 0.15) is 12.8 Å². The van der Waals surface area contributed by atoms with Crippen molar-refractivity contribution in [3.8, 4) is 11.4 Å². The second kappa shape index (κ2) is 8.09. The minimum atomic E-state index is -0.340. The van der Waals surface area contributed by atoms with Gasteiger partial charge in [0.1, 0.15) is 0 Å². The summed E-state index contributed by atoms with van der Waals surface area (Å²) < 4.78 is 1.82. The van der Waals surface area contributed by atoms with Gasteiger partial charge in [0, 0.05) is 25.7 Å². The van der Waals surface area contributed by atoms with Crippen molar-refractivity contribution in [3.05, 3.63) is 29.3 Å². The molecular formula is C17H20ClN5O2S. The number of hydrogen-bond donors (Lipinski definition) is 1. The molecule has 0 radical (unpaired) electrons. The van der Waals surface area contributed by atoms with E-state index in [0.717, 1.165) is 18.4 Å². The molecule has 1 aromatic carbocycles. The van der Waals surface area contributed by atoms with Crippen molar-refractivity contribution in [1.29, 1.82) is 0 Å². The van der Waals surface area contributed by atoms with Gasteiger partial charge in [-0.2, -0.15) is 0 Å². The molecule has 0 spiro atoms. The second-order valence-corrected chi connectivity index (χ2v) is 7.56. The first-order valence-corrected chi connectivity index (χ1v) is 9.68. The molecule has 1 saturated heterocycles. The lowest BCUT2D eigenvalue weighted by molar-refractivity contribution is -0.132. The van der Waals surface area contributed by atoms with Gasteiger partial charge >= 0.3 is 0 Å². The number of halogens is 1. The highest BCUT2D eigenvalue weighted by molar-refractivity contribution is 7.99. The lowest BCUT2D eigenvalue weighted by atomic mass is 9.97. The molecule has 9 heteroatoms. The average molecular weight is 394 g/mol. The Morgan fingerprint density at radius 3 is 2.85 bits per heavy atom. The first-order valence-electron chi connectivity index (χ1n) is 8.31. The quantitative estimate of drug-likeness (QED) is 0.783. The largest absolute Gasteiger partial charge is 0.369 e. The Balaban J connectivity index is 1.64. The molecule has 0 bridgehead atoms. The summed E-state index contributed by atoms with van der Waals surface area (Å²) in [6, 6.07) is 7.42. The van der Waals surface area contributed by atoms with Crippen molar-refractivity contribution in [2.24, 2.45) is 18.7 Å². The van der Waals surface area contributed by atoms with Crippen LogP contribution in [0.5, 0.6) is 0 Å². The SMILES string of the molecule is Cn1c(SCC(=O)N2CCC[C@@H](C(N)=O)C2)nnc1-c1ccccc1Cl. The Kier molecular flexibility index (Phi) is 5.83. The summed E-state index contributed by atoms with van der Waals surface area (Å²) in [5.41, 5.74) is 6.16. The maximum atomic E-state index is 12.5. The van der Waals surface area contributed by atoms with Crippen LogP contribution >= 0.6 is 23.4 Å². The van der Waals surface area contributed by atoms with E-state index in [4.69, 9.17) is 17.3 Å². The van der Waals surface area contributed by atoms with Crippen LogP contribution in [-0.2, 0) is 16.6 Å². The van der Waals surface area contributed by atoms with Gasteiger partial charge in [0.25, 0.3) is 0 Å². The molecule has 2 aromatic rings. The van der Waals surface area contributed by atoms with Crippen molar-refractivity contribution < 1.29 is 9.59 Å². The van der Waals surface area contributed by atoms with Crippen molar-refractivity contribution in [1.82, 2.24) is 19.7 Å². The monoisotopic (exact) mass is 393 g/mol. The number of aromatic nitrogens is 3. The lowest BCUT2D eigenvalue weighted by Crippen LogP contribution is -2.44. The molecule has 1 fully saturated rings. The van der Waals surface area contributed by atoms with E-state index in [2.05, 4.69) is 10.2 Å². The van der Waals surface area contributed by atoms with Gasteiger partial charge in [-0.3, -0.25) is 9.59 Å². The molecule has 138 valence electrons. The summed E-state index contributed by atoms with van der Waals surface area (Å²) in [5, 5.41) is 9.59. The Morgan fingerprint density at radius 2 is 2.12 bits per heavy atom. The third kappa shape index (κ3) is 4.02. The molecule has 2 amide bonds. The van der Waals surface area contributed by atoms with Gasteiger partial charge in [-0.05, 0) is 25.0 Å². The van der Waals surface area contributed by atoms with E-state index in [-0.39, 0.29) is 23.5 Å². The molecule has 3 rings (SSSR count). The molecule has 26 heavy (non-hydrogen) atoms. The number of benzene rings is 1. The number of primary amides is 1. The Bertz CT molecular complexity index is 825. The molecule has 0 unspecified atom stereocenters. The van der Waals surface area contributed by atoms with Crippen LogP contribution in [0.25, 0.3) is 11.4 Å². The number of piperidine rings is 1. The third-order valence-electron chi connectivity index (χ3n) is 4.45. The Hall–Kier alpha value is -2.06. The number of nitrogens with two attached hydrogens (primary N) is 1. The van der Waals surface area contributed by atoms with E-state index in [1.807, 2.05) is 29.8 Å². The molecular weight excluding hydrogens is 374 g/mol. The van der Waals surface area contributed by atoms with E-state index < -0.39 is 0 Å². The standard InChI is InChI=1S/C17H20ClN5O2S/c1-22-16(12-6-2-3-7-13(12)18)20-21-17(22)26-10-14(24)23-8-4-5-11(9-23)15(19)25/h2-3,6-7,11H,4-5,8-10H2,1H3,(H2,19,25)/t11-/m1/s1. The zero-order valence-electron chi connectivity index (χ0n) is 14.4. The zero-order chi connectivity index (χ0) is 18.7. The molecule has 2 N–H and O–H groups in total. The summed E-state index contributed by atoms with van der Waals surface area (Å²) in [4.78, 5) is 25.5. The van der Waals surface area contributed by atoms with Gasteiger partial charge in [0.05, 0.1) is 16.7 Å². The summed E-state index contributed by atoms with van der Waals surface area (Å²) in [6.45, 7) is 1.06. The highest BCUT2D eigenvalue weighted by atomic mass is 35.5.